The van der Waals surface area contributed by atoms with E-state index >= 15 is 0 Å². The molecule has 0 radical (unpaired) electrons. The van der Waals surface area contributed by atoms with Crippen LogP contribution in [0.1, 0.15) is 220 Å². The first-order valence-electron chi connectivity index (χ1n) is 19.6. The molecule has 0 bridgehead atoms. The fraction of sp³-hybridized carbons (Fsp3) is 0.974. The van der Waals surface area contributed by atoms with Crippen molar-refractivity contribution in [2.45, 2.75) is 232 Å². The maximum atomic E-state index is 12.3. The van der Waals surface area contributed by atoms with Crippen molar-refractivity contribution in [2.75, 3.05) is 6.61 Å². The van der Waals surface area contributed by atoms with Crippen LogP contribution in [0, 0.1) is 5.92 Å². The molecule has 3 N–H and O–H groups in total. The van der Waals surface area contributed by atoms with Crippen molar-refractivity contribution in [3.05, 3.63) is 0 Å². The van der Waals surface area contributed by atoms with E-state index in [4.69, 9.17) is 0 Å². The minimum absolute atomic E-state index is 0.0292. The number of rotatable bonds is 35. The number of amides is 1. The molecule has 4 nitrogen and oxygen atoms in total. The zero-order valence-corrected chi connectivity index (χ0v) is 29.7. The van der Waals surface area contributed by atoms with Crippen molar-refractivity contribution < 1.29 is 15.0 Å². The van der Waals surface area contributed by atoms with E-state index in [9.17, 15) is 15.0 Å². The maximum Gasteiger partial charge on any atom is 0.220 e. The van der Waals surface area contributed by atoms with Gasteiger partial charge in [-0.05, 0) is 18.8 Å². The van der Waals surface area contributed by atoms with E-state index in [1.807, 2.05) is 0 Å². The number of carbonyl (C=O) groups excluding carboxylic acids is 1. The minimum atomic E-state index is -0.653. The van der Waals surface area contributed by atoms with E-state index in [-0.39, 0.29) is 12.5 Å². The largest absolute Gasteiger partial charge is 0.394 e. The molecule has 0 aliphatic heterocycles. The van der Waals surface area contributed by atoms with Crippen LogP contribution >= 0.6 is 0 Å². The summed E-state index contributed by atoms with van der Waals surface area (Å²) in [5, 5.41) is 23.1. The van der Waals surface area contributed by atoms with Gasteiger partial charge in [-0.25, -0.2) is 0 Å². The SMILES string of the molecule is CCCCCCCCCCCCCCCCCCCCCC(=O)NC(CO)C(O)CCCCCCCCCCCC(C)C. The highest BCUT2D eigenvalue weighted by atomic mass is 16.3. The Hall–Kier alpha value is -0.610. The molecule has 0 saturated heterocycles. The lowest BCUT2D eigenvalue weighted by Crippen LogP contribution is -2.45. The molecular formula is C39H79NO3. The van der Waals surface area contributed by atoms with Crippen molar-refractivity contribution in [1.82, 2.24) is 5.32 Å². The lowest BCUT2D eigenvalue weighted by Gasteiger charge is -2.22. The monoisotopic (exact) mass is 610 g/mol. The van der Waals surface area contributed by atoms with Crippen molar-refractivity contribution >= 4 is 5.91 Å². The summed E-state index contributed by atoms with van der Waals surface area (Å²) in [7, 11) is 0. The molecule has 0 saturated carbocycles. The standard InChI is InChI=1S/C39H79NO3/c1-4-5-6-7-8-9-10-11-12-13-14-15-16-17-18-22-25-28-31-34-39(43)40-37(35-41)38(42)33-30-27-24-21-19-20-23-26-29-32-36(2)3/h36-38,41-42H,4-35H2,1-3H3,(H,40,43). The molecule has 0 spiro atoms. The van der Waals surface area contributed by atoms with Gasteiger partial charge in [0.2, 0.25) is 5.91 Å². The molecule has 0 aliphatic carbocycles. The molecule has 0 fully saturated rings. The van der Waals surface area contributed by atoms with E-state index in [2.05, 4.69) is 26.1 Å². The van der Waals surface area contributed by atoms with Crippen LogP contribution in [0.15, 0.2) is 0 Å². The normalized spacial score (nSPS) is 13.1. The first kappa shape index (κ1) is 42.4. The van der Waals surface area contributed by atoms with Gasteiger partial charge in [-0.15, -0.1) is 0 Å². The van der Waals surface area contributed by atoms with Crippen LogP contribution < -0.4 is 5.32 Å². The number of hydrogen-bond acceptors (Lipinski definition) is 3. The third kappa shape index (κ3) is 32.6. The Labute approximate surface area is 270 Å². The predicted molar refractivity (Wildman–Crippen MR) is 189 cm³/mol. The lowest BCUT2D eigenvalue weighted by molar-refractivity contribution is -0.123. The van der Waals surface area contributed by atoms with Gasteiger partial charge >= 0.3 is 0 Å². The van der Waals surface area contributed by atoms with Crippen LogP contribution in [-0.4, -0.2) is 34.9 Å². The molecule has 0 aromatic heterocycles. The number of aliphatic hydroxyl groups is 2. The van der Waals surface area contributed by atoms with Gasteiger partial charge in [0.15, 0.2) is 0 Å². The van der Waals surface area contributed by atoms with Gasteiger partial charge in [0.05, 0.1) is 18.8 Å². The molecule has 1 amide bonds. The molecule has 0 aromatic rings. The third-order valence-electron chi connectivity index (χ3n) is 9.30. The van der Waals surface area contributed by atoms with E-state index in [0.717, 1.165) is 31.6 Å². The number of hydrogen-bond donors (Lipinski definition) is 3. The summed E-state index contributed by atoms with van der Waals surface area (Å²) in [6.07, 6.45) is 38.8. The maximum absolute atomic E-state index is 12.3. The number of aliphatic hydroxyl groups excluding tert-OH is 2. The minimum Gasteiger partial charge on any atom is -0.394 e. The molecule has 258 valence electrons. The zero-order valence-electron chi connectivity index (χ0n) is 29.7. The second-order valence-electron chi connectivity index (χ2n) is 14.2. The zero-order chi connectivity index (χ0) is 31.6. The first-order valence-corrected chi connectivity index (χ1v) is 19.6. The van der Waals surface area contributed by atoms with Gasteiger partial charge in [-0.2, -0.15) is 0 Å². The van der Waals surface area contributed by atoms with Gasteiger partial charge in [0.1, 0.15) is 0 Å². The average Bonchev–Trinajstić information content (AvgIpc) is 2.99. The summed E-state index contributed by atoms with van der Waals surface area (Å²) >= 11 is 0. The van der Waals surface area contributed by atoms with E-state index in [1.165, 1.54) is 161 Å². The Morgan fingerprint density at radius 3 is 1.19 bits per heavy atom. The topological polar surface area (TPSA) is 69.6 Å². The predicted octanol–water partition coefficient (Wildman–Crippen LogP) is 11.6. The number of unbranched alkanes of at least 4 members (excludes halogenated alkanes) is 26. The fourth-order valence-corrected chi connectivity index (χ4v) is 6.25. The van der Waals surface area contributed by atoms with Crippen LogP contribution in [0.25, 0.3) is 0 Å². The Bertz CT molecular complexity index is 553. The molecule has 2 atom stereocenters. The lowest BCUT2D eigenvalue weighted by atomic mass is 10.0. The Morgan fingerprint density at radius 2 is 0.837 bits per heavy atom. The second-order valence-corrected chi connectivity index (χ2v) is 14.2. The second kappa shape index (κ2) is 34.3. The summed E-state index contributed by atoms with van der Waals surface area (Å²) in [5.74, 6) is 0.802. The van der Waals surface area contributed by atoms with Crippen LogP contribution in [0.2, 0.25) is 0 Å². The summed E-state index contributed by atoms with van der Waals surface area (Å²) in [6, 6.07) is -0.529. The highest BCUT2D eigenvalue weighted by molar-refractivity contribution is 5.76. The molecular weight excluding hydrogens is 530 g/mol. The van der Waals surface area contributed by atoms with Gasteiger partial charge in [-0.1, -0.05) is 201 Å². The van der Waals surface area contributed by atoms with Gasteiger partial charge < -0.3 is 15.5 Å². The Balaban J connectivity index is 3.49. The summed E-state index contributed by atoms with van der Waals surface area (Å²) in [4.78, 5) is 12.3. The quantitative estimate of drug-likeness (QED) is 0.0626. The van der Waals surface area contributed by atoms with E-state index in [1.54, 1.807) is 0 Å². The third-order valence-corrected chi connectivity index (χ3v) is 9.30. The first-order chi connectivity index (χ1) is 21.0. The summed E-state index contributed by atoms with van der Waals surface area (Å²) in [5.41, 5.74) is 0. The van der Waals surface area contributed by atoms with E-state index in [0.29, 0.717) is 12.8 Å². The number of nitrogens with one attached hydrogen (secondary N) is 1. The van der Waals surface area contributed by atoms with Crippen LogP contribution in [0.3, 0.4) is 0 Å². The molecule has 4 heteroatoms. The van der Waals surface area contributed by atoms with Crippen molar-refractivity contribution in [3.63, 3.8) is 0 Å². The molecule has 2 unspecified atom stereocenters. The average molecular weight is 610 g/mol. The number of carbonyl (C=O) groups is 1. The summed E-state index contributed by atoms with van der Waals surface area (Å²) in [6.45, 7) is 6.70. The van der Waals surface area contributed by atoms with Gasteiger partial charge in [0, 0.05) is 6.42 Å². The highest BCUT2D eigenvalue weighted by Gasteiger charge is 2.19. The fourth-order valence-electron chi connectivity index (χ4n) is 6.25. The van der Waals surface area contributed by atoms with Crippen LogP contribution in [0.4, 0.5) is 0 Å². The molecule has 0 rings (SSSR count). The van der Waals surface area contributed by atoms with E-state index < -0.39 is 12.1 Å². The smallest absolute Gasteiger partial charge is 0.220 e. The Morgan fingerprint density at radius 1 is 0.512 bits per heavy atom. The van der Waals surface area contributed by atoms with Crippen molar-refractivity contribution in [3.8, 4) is 0 Å². The van der Waals surface area contributed by atoms with Crippen molar-refractivity contribution in [1.29, 1.82) is 0 Å². The molecule has 0 aliphatic rings. The van der Waals surface area contributed by atoms with Crippen LogP contribution in [0.5, 0.6) is 0 Å². The van der Waals surface area contributed by atoms with Crippen LogP contribution in [-0.2, 0) is 4.79 Å². The molecule has 43 heavy (non-hydrogen) atoms. The summed E-state index contributed by atoms with van der Waals surface area (Å²) < 4.78 is 0. The molecule has 0 heterocycles. The van der Waals surface area contributed by atoms with Gasteiger partial charge in [-0.3, -0.25) is 4.79 Å². The highest BCUT2D eigenvalue weighted by Crippen LogP contribution is 2.16. The molecule has 0 aromatic carbocycles. The Kier molecular flexibility index (Phi) is 33.8. The van der Waals surface area contributed by atoms with Crippen molar-refractivity contribution in [2.24, 2.45) is 5.92 Å². The van der Waals surface area contributed by atoms with Gasteiger partial charge in [0.25, 0.3) is 0 Å².